The van der Waals surface area contributed by atoms with Gasteiger partial charge in [0, 0.05) is 56.1 Å². The van der Waals surface area contributed by atoms with Gasteiger partial charge in [0.25, 0.3) is 0 Å². The second-order valence-corrected chi connectivity index (χ2v) is 9.60. The molecule has 3 heterocycles. The number of aromatic hydroxyl groups is 1. The van der Waals surface area contributed by atoms with Crippen LogP contribution in [-0.2, 0) is 7.05 Å². The predicted octanol–water partition coefficient (Wildman–Crippen LogP) is 5.55. The Kier molecular flexibility index (Phi) is 5.68. The molecule has 0 radical (unpaired) electrons. The summed E-state index contributed by atoms with van der Waals surface area (Å²) in [6.45, 7) is 1.82. The molecule has 37 heavy (non-hydrogen) atoms. The monoisotopic (exact) mass is 515 g/mol. The molecule has 0 atom stereocenters. The van der Waals surface area contributed by atoms with Crippen molar-refractivity contribution in [1.82, 2.24) is 19.1 Å². The van der Waals surface area contributed by atoms with Crippen LogP contribution < -0.4 is 10.6 Å². The average molecular weight is 516 g/mol. The molecule has 5 aromatic rings. The van der Waals surface area contributed by atoms with E-state index in [0.29, 0.717) is 38.5 Å². The second-order valence-electron chi connectivity index (χ2n) is 9.19. The molecule has 1 aliphatic rings. The molecule has 0 bridgehead atoms. The van der Waals surface area contributed by atoms with Crippen molar-refractivity contribution in [2.75, 3.05) is 18.0 Å². The molecular weight excluding hydrogens is 493 g/mol. The Balaban J connectivity index is 1.48. The zero-order valence-corrected chi connectivity index (χ0v) is 20.8. The van der Waals surface area contributed by atoms with Crippen LogP contribution in [0.25, 0.3) is 39.0 Å². The van der Waals surface area contributed by atoms with E-state index in [1.807, 2.05) is 12.1 Å². The molecule has 1 aliphatic heterocycles. The van der Waals surface area contributed by atoms with Crippen molar-refractivity contribution in [2.45, 2.75) is 12.8 Å². The summed E-state index contributed by atoms with van der Waals surface area (Å²) in [6.07, 6.45) is 8.73. The zero-order valence-electron chi connectivity index (χ0n) is 20.0. The third-order valence-corrected chi connectivity index (χ3v) is 7.15. The highest BCUT2D eigenvalue weighted by molar-refractivity contribution is 6.32. The molecule has 0 unspecified atom stereocenters. The topological polar surface area (TPSA) is 76.2 Å². The van der Waals surface area contributed by atoms with E-state index >= 15 is 0 Å². The number of rotatable bonds is 4. The van der Waals surface area contributed by atoms with Crippen molar-refractivity contribution in [2.24, 2.45) is 7.05 Å². The van der Waals surface area contributed by atoms with Gasteiger partial charge in [-0.05, 0) is 60.4 Å². The Bertz CT molecular complexity index is 1720. The SMILES string of the molecule is Cn1ccn(-c2ccc(-c3cc(F)cc(-c4cc(N5CCCC5)c5nccnc5c4)c3O)cc2Cl)c1=O. The molecular formula is C28H23ClFN5O2. The maximum Gasteiger partial charge on any atom is 0.332 e. The standard InChI is InChI=1S/C28H23ClFN5O2/c1-33-10-11-35(28(33)37)24-5-4-17(12-22(24)29)20-15-19(30)16-21(27(20)36)18-13-23-26(32-7-6-31-23)25(14-18)34-8-2-3-9-34/h4-7,10-16,36H,2-3,8-9H2,1H3. The van der Waals surface area contributed by atoms with Crippen molar-refractivity contribution in [1.29, 1.82) is 0 Å². The number of aryl methyl sites for hydroxylation is 1. The van der Waals surface area contributed by atoms with E-state index in [4.69, 9.17) is 11.6 Å². The minimum atomic E-state index is -0.496. The van der Waals surface area contributed by atoms with Crippen molar-refractivity contribution >= 4 is 28.3 Å². The third-order valence-electron chi connectivity index (χ3n) is 6.85. The summed E-state index contributed by atoms with van der Waals surface area (Å²) in [7, 11) is 1.65. The van der Waals surface area contributed by atoms with Gasteiger partial charge in [-0.1, -0.05) is 17.7 Å². The lowest BCUT2D eigenvalue weighted by atomic mass is 9.96. The Morgan fingerprint density at radius 3 is 2.35 bits per heavy atom. The molecule has 0 aliphatic carbocycles. The lowest BCUT2D eigenvalue weighted by molar-refractivity contribution is 0.477. The number of nitrogens with zero attached hydrogens (tertiary/aromatic N) is 5. The second kappa shape index (κ2) is 9.05. The lowest BCUT2D eigenvalue weighted by Gasteiger charge is -2.21. The number of halogens is 2. The first-order chi connectivity index (χ1) is 17.9. The highest BCUT2D eigenvalue weighted by Gasteiger charge is 2.21. The van der Waals surface area contributed by atoms with E-state index in [0.717, 1.165) is 37.1 Å². The Hall–Kier alpha value is -4.17. The van der Waals surface area contributed by atoms with Gasteiger partial charge in [0.1, 0.15) is 17.1 Å². The summed E-state index contributed by atoms with van der Waals surface area (Å²) in [6, 6.07) is 11.4. The molecule has 2 aromatic heterocycles. The van der Waals surface area contributed by atoms with Crippen LogP contribution in [0, 0.1) is 5.82 Å². The Labute approximate surface area is 217 Å². The van der Waals surface area contributed by atoms with E-state index < -0.39 is 5.82 Å². The first kappa shape index (κ1) is 23.2. The lowest BCUT2D eigenvalue weighted by Crippen LogP contribution is -2.20. The normalized spacial score (nSPS) is 13.5. The predicted molar refractivity (Wildman–Crippen MR) is 143 cm³/mol. The van der Waals surface area contributed by atoms with Crippen molar-refractivity contribution in [3.63, 3.8) is 0 Å². The number of hydrogen-bond donors (Lipinski definition) is 1. The highest BCUT2D eigenvalue weighted by Crippen LogP contribution is 2.42. The van der Waals surface area contributed by atoms with E-state index in [9.17, 15) is 14.3 Å². The first-order valence-electron chi connectivity index (χ1n) is 12.0. The number of imidazole rings is 1. The van der Waals surface area contributed by atoms with Gasteiger partial charge in [-0.3, -0.25) is 14.5 Å². The number of phenolic OH excluding ortho intramolecular Hbond substituents is 1. The summed E-state index contributed by atoms with van der Waals surface area (Å²) in [4.78, 5) is 23.6. The fourth-order valence-electron chi connectivity index (χ4n) is 4.97. The highest BCUT2D eigenvalue weighted by atomic mass is 35.5. The minimum Gasteiger partial charge on any atom is -0.507 e. The molecule has 1 N–H and O–H groups in total. The molecule has 186 valence electrons. The molecule has 0 spiro atoms. The van der Waals surface area contributed by atoms with E-state index in [1.54, 1.807) is 50.0 Å². The van der Waals surface area contributed by atoms with Gasteiger partial charge in [0.15, 0.2) is 0 Å². The van der Waals surface area contributed by atoms with Crippen LogP contribution in [0.2, 0.25) is 5.02 Å². The van der Waals surface area contributed by atoms with Crippen molar-refractivity contribution in [3.8, 4) is 33.7 Å². The smallest absolute Gasteiger partial charge is 0.332 e. The molecule has 6 rings (SSSR count). The van der Waals surface area contributed by atoms with Crippen LogP contribution in [0.3, 0.4) is 0 Å². The number of aromatic nitrogens is 4. The van der Waals surface area contributed by atoms with Gasteiger partial charge in [-0.2, -0.15) is 0 Å². The fourth-order valence-corrected chi connectivity index (χ4v) is 5.24. The van der Waals surface area contributed by atoms with Gasteiger partial charge in [-0.25, -0.2) is 9.18 Å². The Morgan fingerprint density at radius 2 is 1.65 bits per heavy atom. The van der Waals surface area contributed by atoms with Gasteiger partial charge >= 0.3 is 5.69 Å². The number of benzene rings is 3. The molecule has 3 aromatic carbocycles. The maximum absolute atomic E-state index is 15.0. The first-order valence-corrected chi connectivity index (χ1v) is 12.4. The summed E-state index contributed by atoms with van der Waals surface area (Å²) < 4.78 is 17.8. The van der Waals surface area contributed by atoms with Crippen LogP contribution in [-0.4, -0.2) is 37.3 Å². The van der Waals surface area contributed by atoms with E-state index in [-0.39, 0.29) is 11.4 Å². The maximum atomic E-state index is 15.0. The molecule has 7 nitrogen and oxygen atoms in total. The fraction of sp³-hybridized carbons (Fsp3) is 0.179. The van der Waals surface area contributed by atoms with Gasteiger partial charge in [0.2, 0.25) is 0 Å². The van der Waals surface area contributed by atoms with Gasteiger partial charge < -0.3 is 14.6 Å². The van der Waals surface area contributed by atoms with Crippen LogP contribution in [0.5, 0.6) is 5.75 Å². The Morgan fingerprint density at radius 1 is 0.919 bits per heavy atom. The van der Waals surface area contributed by atoms with Crippen LogP contribution in [0.4, 0.5) is 10.1 Å². The van der Waals surface area contributed by atoms with E-state index in [1.165, 1.54) is 21.3 Å². The molecule has 1 fully saturated rings. The number of phenols is 1. The largest absolute Gasteiger partial charge is 0.507 e. The summed E-state index contributed by atoms with van der Waals surface area (Å²) in [5.74, 6) is -0.568. The van der Waals surface area contributed by atoms with Gasteiger partial charge in [-0.15, -0.1) is 0 Å². The number of fused-ring (bicyclic) bond motifs is 1. The molecule has 1 saturated heterocycles. The van der Waals surface area contributed by atoms with Crippen LogP contribution in [0.1, 0.15) is 12.8 Å². The molecule has 9 heteroatoms. The van der Waals surface area contributed by atoms with Crippen LogP contribution in [0.15, 0.2) is 72.0 Å². The van der Waals surface area contributed by atoms with Gasteiger partial charge in [0.05, 0.1) is 21.9 Å². The zero-order chi connectivity index (χ0) is 25.7. The molecule has 0 saturated carbocycles. The number of anilines is 1. The summed E-state index contributed by atoms with van der Waals surface area (Å²) in [5.41, 5.74) is 4.45. The minimum absolute atomic E-state index is 0.0716. The van der Waals surface area contributed by atoms with Crippen molar-refractivity contribution in [3.05, 3.63) is 88.6 Å². The van der Waals surface area contributed by atoms with Crippen LogP contribution >= 0.6 is 11.6 Å². The molecule has 0 amide bonds. The third kappa shape index (κ3) is 4.03. The van der Waals surface area contributed by atoms with E-state index in [2.05, 4.69) is 14.9 Å². The quantitative estimate of drug-likeness (QED) is 0.339. The summed E-state index contributed by atoms with van der Waals surface area (Å²) >= 11 is 6.54. The summed E-state index contributed by atoms with van der Waals surface area (Å²) in [5, 5.41) is 11.7. The van der Waals surface area contributed by atoms with Crippen molar-refractivity contribution < 1.29 is 9.50 Å². The average Bonchev–Trinajstić information content (AvgIpc) is 3.55. The number of hydrogen-bond acceptors (Lipinski definition) is 5.